The normalized spacial score (nSPS) is 10.1. The van der Waals surface area contributed by atoms with Crippen LogP contribution in [0.3, 0.4) is 0 Å². The fourth-order valence-corrected chi connectivity index (χ4v) is 2.01. The number of anilines is 2. The van der Waals surface area contributed by atoms with E-state index in [2.05, 4.69) is 22.2 Å². The van der Waals surface area contributed by atoms with E-state index in [0.717, 1.165) is 12.1 Å². The highest BCUT2D eigenvalue weighted by atomic mass is 19.1. The first kappa shape index (κ1) is 17.1. The average molecular weight is 329 g/mol. The van der Waals surface area contributed by atoms with Crippen LogP contribution < -0.4 is 16.2 Å². The number of hydrogen-bond donors (Lipinski definition) is 3. The van der Waals surface area contributed by atoms with Crippen LogP contribution in [0.15, 0.2) is 47.8 Å². The predicted molar refractivity (Wildman–Crippen MR) is 89.6 cm³/mol. The van der Waals surface area contributed by atoms with Crippen LogP contribution in [0.2, 0.25) is 0 Å². The number of amides is 2. The highest BCUT2D eigenvalue weighted by Crippen LogP contribution is 2.20. The molecule has 0 atom stereocenters. The molecule has 0 saturated heterocycles. The van der Waals surface area contributed by atoms with Crippen LogP contribution in [0.1, 0.15) is 23.0 Å². The predicted octanol–water partition coefficient (Wildman–Crippen LogP) is 2.45. The fourth-order valence-electron chi connectivity index (χ4n) is 2.01. The first-order valence-electron chi connectivity index (χ1n) is 7.20. The van der Waals surface area contributed by atoms with Crippen LogP contribution in [-0.4, -0.2) is 16.8 Å². The Hall–Kier alpha value is -3.22. The second kappa shape index (κ2) is 7.36. The smallest absolute Gasteiger partial charge is 0.255 e. The summed E-state index contributed by atoms with van der Waals surface area (Å²) >= 11 is 0. The van der Waals surface area contributed by atoms with E-state index in [1.54, 1.807) is 6.07 Å². The molecule has 1 heterocycles. The minimum absolute atomic E-state index is 0.0853. The molecule has 0 radical (unpaired) electrons. The Labute approximate surface area is 137 Å². The van der Waals surface area contributed by atoms with E-state index in [0.29, 0.717) is 12.1 Å². The summed E-state index contributed by atoms with van der Waals surface area (Å²) in [4.78, 5) is 37.7. The third-order valence-corrected chi connectivity index (χ3v) is 3.21. The van der Waals surface area contributed by atoms with Gasteiger partial charge in [0.2, 0.25) is 11.5 Å². The van der Waals surface area contributed by atoms with Crippen molar-refractivity contribution in [2.75, 3.05) is 10.6 Å². The Morgan fingerprint density at radius 3 is 2.67 bits per heavy atom. The zero-order valence-corrected chi connectivity index (χ0v) is 13.0. The van der Waals surface area contributed by atoms with Gasteiger partial charge in [-0.25, -0.2) is 4.39 Å². The number of aromatic amines is 1. The van der Waals surface area contributed by atoms with Gasteiger partial charge in [-0.2, -0.15) is 0 Å². The van der Waals surface area contributed by atoms with Crippen molar-refractivity contribution < 1.29 is 14.0 Å². The molecule has 2 rings (SSSR count). The third kappa shape index (κ3) is 4.16. The first-order valence-corrected chi connectivity index (χ1v) is 7.20. The number of pyridine rings is 1. The van der Waals surface area contributed by atoms with Crippen molar-refractivity contribution in [1.82, 2.24) is 4.98 Å². The number of nitrogens with one attached hydrogen (secondary N) is 3. The molecule has 0 aliphatic rings. The molecule has 24 heavy (non-hydrogen) atoms. The number of halogens is 1. The summed E-state index contributed by atoms with van der Waals surface area (Å²) in [6, 6.07) is 6.50. The van der Waals surface area contributed by atoms with E-state index in [1.165, 1.54) is 18.2 Å². The lowest BCUT2D eigenvalue weighted by Gasteiger charge is -2.09. The Kier molecular flexibility index (Phi) is 5.26. The third-order valence-electron chi connectivity index (χ3n) is 3.21. The SMILES string of the molecule is C=CC(=O)Nc1cc(NC(=O)c2cc(CC)[nH]c(=O)c2)ccc1F. The fraction of sp³-hybridized carbons (Fsp3) is 0.118. The first-order chi connectivity index (χ1) is 11.4. The largest absolute Gasteiger partial charge is 0.326 e. The van der Waals surface area contributed by atoms with Gasteiger partial charge in [-0.05, 0) is 36.8 Å². The van der Waals surface area contributed by atoms with Gasteiger partial charge in [0.1, 0.15) is 5.82 Å². The van der Waals surface area contributed by atoms with Crippen LogP contribution in [0, 0.1) is 5.82 Å². The number of benzene rings is 1. The summed E-state index contributed by atoms with van der Waals surface area (Å²) in [6.45, 7) is 5.13. The standard InChI is InChI=1S/C17H16FN3O3/c1-3-11-7-10(8-16(23)19-11)17(24)20-12-5-6-13(18)14(9-12)21-15(22)4-2/h4-9H,2-3H2,1H3,(H,19,23)(H,20,24)(H,21,22). The van der Waals surface area contributed by atoms with Crippen LogP contribution >= 0.6 is 0 Å². The van der Waals surface area contributed by atoms with Gasteiger partial charge in [0.15, 0.2) is 0 Å². The van der Waals surface area contributed by atoms with E-state index < -0.39 is 17.6 Å². The minimum atomic E-state index is -0.646. The topological polar surface area (TPSA) is 91.1 Å². The maximum Gasteiger partial charge on any atom is 0.255 e. The summed E-state index contributed by atoms with van der Waals surface area (Å²) < 4.78 is 13.7. The highest BCUT2D eigenvalue weighted by Gasteiger charge is 2.11. The molecular weight excluding hydrogens is 313 g/mol. The van der Waals surface area contributed by atoms with E-state index in [9.17, 15) is 18.8 Å². The molecule has 1 aromatic heterocycles. The van der Waals surface area contributed by atoms with Crippen molar-refractivity contribution in [2.45, 2.75) is 13.3 Å². The molecule has 124 valence electrons. The van der Waals surface area contributed by atoms with Crippen molar-refractivity contribution in [2.24, 2.45) is 0 Å². The summed E-state index contributed by atoms with van der Waals surface area (Å²) in [5, 5.41) is 4.86. The van der Waals surface area contributed by atoms with Gasteiger partial charge in [0, 0.05) is 23.0 Å². The molecule has 0 aliphatic heterocycles. The number of hydrogen-bond acceptors (Lipinski definition) is 3. The molecule has 0 fully saturated rings. The molecule has 2 aromatic rings. The second-order valence-corrected chi connectivity index (χ2v) is 4.95. The molecule has 2 amide bonds. The van der Waals surface area contributed by atoms with E-state index >= 15 is 0 Å². The molecule has 0 saturated carbocycles. The Morgan fingerprint density at radius 1 is 1.25 bits per heavy atom. The monoisotopic (exact) mass is 329 g/mol. The van der Waals surface area contributed by atoms with Crippen LogP contribution in [-0.2, 0) is 11.2 Å². The van der Waals surface area contributed by atoms with Gasteiger partial charge in [-0.3, -0.25) is 14.4 Å². The number of aryl methyl sites for hydroxylation is 1. The molecule has 3 N–H and O–H groups in total. The Bertz CT molecular complexity index is 858. The Balaban J connectivity index is 2.24. The second-order valence-electron chi connectivity index (χ2n) is 4.95. The van der Waals surface area contributed by atoms with E-state index in [1.807, 2.05) is 6.92 Å². The maximum atomic E-state index is 13.7. The van der Waals surface area contributed by atoms with E-state index in [-0.39, 0.29) is 22.5 Å². The van der Waals surface area contributed by atoms with Crippen molar-refractivity contribution in [3.63, 3.8) is 0 Å². The number of carbonyl (C=O) groups excluding carboxylic acids is 2. The summed E-state index contributed by atoms with van der Waals surface area (Å²) in [7, 11) is 0. The molecule has 0 bridgehead atoms. The van der Waals surface area contributed by atoms with E-state index in [4.69, 9.17) is 0 Å². The van der Waals surface area contributed by atoms with Gasteiger partial charge in [-0.1, -0.05) is 13.5 Å². The van der Waals surface area contributed by atoms with Crippen LogP contribution in [0.4, 0.5) is 15.8 Å². The molecule has 0 aliphatic carbocycles. The summed E-state index contributed by atoms with van der Waals surface area (Å²) in [6.07, 6.45) is 1.58. The molecule has 0 spiro atoms. The number of rotatable bonds is 5. The van der Waals surface area contributed by atoms with Crippen molar-refractivity contribution in [3.05, 3.63) is 70.4 Å². The maximum absolute atomic E-state index is 13.7. The quantitative estimate of drug-likeness (QED) is 0.736. The van der Waals surface area contributed by atoms with Crippen molar-refractivity contribution in [1.29, 1.82) is 0 Å². The van der Waals surface area contributed by atoms with Gasteiger partial charge >= 0.3 is 0 Å². The lowest BCUT2D eigenvalue weighted by Crippen LogP contribution is -2.17. The number of H-pyrrole nitrogens is 1. The van der Waals surface area contributed by atoms with Crippen molar-refractivity contribution in [3.8, 4) is 0 Å². The van der Waals surface area contributed by atoms with Gasteiger partial charge in [-0.15, -0.1) is 0 Å². The summed E-state index contributed by atoms with van der Waals surface area (Å²) in [5.41, 5.74) is 0.636. The van der Waals surface area contributed by atoms with Gasteiger partial charge in [0.05, 0.1) is 5.69 Å². The van der Waals surface area contributed by atoms with Crippen molar-refractivity contribution >= 4 is 23.2 Å². The Morgan fingerprint density at radius 2 is 2.00 bits per heavy atom. The van der Waals surface area contributed by atoms with Crippen LogP contribution in [0.5, 0.6) is 0 Å². The highest BCUT2D eigenvalue weighted by molar-refractivity contribution is 6.05. The molecular formula is C17H16FN3O3. The number of carbonyl (C=O) groups is 2. The zero-order chi connectivity index (χ0) is 17.7. The lowest BCUT2D eigenvalue weighted by molar-refractivity contribution is -0.111. The lowest BCUT2D eigenvalue weighted by atomic mass is 10.2. The molecule has 7 heteroatoms. The molecule has 6 nitrogen and oxygen atoms in total. The summed E-state index contributed by atoms with van der Waals surface area (Å²) in [5.74, 6) is -1.73. The number of aromatic nitrogens is 1. The minimum Gasteiger partial charge on any atom is -0.326 e. The molecule has 1 aromatic carbocycles. The van der Waals surface area contributed by atoms with Crippen LogP contribution in [0.25, 0.3) is 0 Å². The zero-order valence-electron chi connectivity index (χ0n) is 13.0. The van der Waals surface area contributed by atoms with Gasteiger partial charge in [0.25, 0.3) is 5.91 Å². The molecule has 0 unspecified atom stereocenters. The van der Waals surface area contributed by atoms with Gasteiger partial charge < -0.3 is 15.6 Å². The average Bonchev–Trinajstić information content (AvgIpc) is 2.57.